The van der Waals surface area contributed by atoms with Crippen LogP contribution in [0.2, 0.25) is 0 Å². The minimum atomic E-state index is -0.0458. The maximum Gasteiger partial charge on any atom is 0.276 e. The third-order valence-corrected chi connectivity index (χ3v) is 4.63. The number of hydrogen-bond acceptors (Lipinski definition) is 3. The van der Waals surface area contributed by atoms with Crippen LogP contribution in [0.1, 0.15) is 30.9 Å². The second-order valence-electron chi connectivity index (χ2n) is 5.77. The number of carbonyl (C=O) groups excluding carboxylic acids is 1. The van der Waals surface area contributed by atoms with Gasteiger partial charge in [0, 0.05) is 25.3 Å². The van der Waals surface area contributed by atoms with E-state index in [9.17, 15) is 4.79 Å². The van der Waals surface area contributed by atoms with E-state index in [1.54, 1.807) is 4.90 Å². The van der Waals surface area contributed by atoms with Crippen LogP contribution >= 0.6 is 12.2 Å². The zero-order valence-corrected chi connectivity index (χ0v) is 13.9. The van der Waals surface area contributed by atoms with Gasteiger partial charge < -0.3 is 10.2 Å². The number of rotatable bonds is 3. The first kappa shape index (κ1) is 15.0. The van der Waals surface area contributed by atoms with E-state index in [1.165, 1.54) is 24.1 Å². The van der Waals surface area contributed by atoms with Crippen molar-refractivity contribution in [2.75, 3.05) is 24.5 Å². The largest absolute Gasteiger partial charge is 0.372 e. The summed E-state index contributed by atoms with van der Waals surface area (Å²) < 4.78 is 0. The zero-order valence-electron chi connectivity index (χ0n) is 13.1. The number of hydrogen-bond donors (Lipinski definition) is 1. The Morgan fingerprint density at radius 3 is 2.64 bits per heavy atom. The molecule has 2 aliphatic rings. The number of nitrogens with one attached hydrogen (secondary N) is 1. The highest BCUT2D eigenvalue weighted by Gasteiger charge is 2.29. The van der Waals surface area contributed by atoms with E-state index in [0.717, 1.165) is 18.7 Å². The number of thiocarbonyl (C=S) groups is 1. The van der Waals surface area contributed by atoms with E-state index < -0.39 is 0 Å². The Morgan fingerprint density at radius 2 is 2.05 bits per heavy atom. The van der Waals surface area contributed by atoms with Crippen LogP contribution in [0.15, 0.2) is 23.9 Å². The van der Waals surface area contributed by atoms with Gasteiger partial charge in [-0.05, 0) is 68.2 Å². The quantitative estimate of drug-likeness (QED) is 0.687. The molecule has 4 nitrogen and oxygen atoms in total. The fourth-order valence-corrected chi connectivity index (χ4v) is 3.33. The first-order valence-corrected chi connectivity index (χ1v) is 8.21. The van der Waals surface area contributed by atoms with Crippen molar-refractivity contribution in [3.05, 3.63) is 35.0 Å². The molecule has 2 heterocycles. The Morgan fingerprint density at radius 1 is 1.32 bits per heavy atom. The Labute approximate surface area is 136 Å². The van der Waals surface area contributed by atoms with Crippen molar-refractivity contribution in [2.45, 2.75) is 26.7 Å². The summed E-state index contributed by atoms with van der Waals surface area (Å²) >= 11 is 5.18. The SMILES string of the molecule is CCN1C(=O)/C(=C\c2ccc(N3CCCC3)cc2C)NC1=S. The van der Waals surface area contributed by atoms with Crippen LogP contribution in [-0.4, -0.2) is 35.6 Å². The number of carbonyl (C=O) groups is 1. The first-order valence-electron chi connectivity index (χ1n) is 7.80. The molecule has 0 atom stereocenters. The molecule has 116 valence electrons. The molecule has 0 saturated carbocycles. The fraction of sp³-hybridized carbons (Fsp3) is 0.412. The minimum absolute atomic E-state index is 0.0458. The molecule has 0 aromatic heterocycles. The van der Waals surface area contributed by atoms with Crippen molar-refractivity contribution < 1.29 is 4.79 Å². The van der Waals surface area contributed by atoms with E-state index in [2.05, 4.69) is 35.3 Å². The highest BCUT2D eigenvalue weighted by atomic mass is 32.1. The third kappa shape index (κ3) is 2.73. The lowest BCUT2D eigenvalue weighted by atomic mass is 10.1. The number of likely N-dealkylation sites (N-methyl/N-ethyl adjacent to an activating group) is 1. The number of amides is 1. The first-order chi connectivity index (χ1) is 10.6. The van der Waals surface area contributed by atoms with Crippen molar-refractivity contribution in [1.29, 1.82) is 0 Å². The Balaban J connectivity index is 1.85. The van der Waals surface area contributed by atoms with E-state index in [1.807, 2.05) is 13.0 Å². The number of anilines is 1. The Kier molecular flexibility index (Phi) is 4.16. The standard InChI is InChI=1S/C17H21N3OS/c1-3-20-16(21)15(18-17(20)22)11-13-6-7-14(10-12(13)2)19-8-4-5-9-19/h6-7,10-11H,3-5,8-9H2,1-2H3,(H,18,22)/b15-11+. The highest BCUT2D eigenvalue weighted by Crippen LogP contribution is 2.24. The molecule has 3 rings (SSSR count). The van der Waals surface area contributed by atoms with Gasteiger partial charge in [0.25, 0.3) is 5.91 Å². The summed E-state index contributed by atoms with van der Waals surface area (Å²) in [4.78, 5) is 16.2. The molecule has 0 radical (unpaired) electrons. The van der Waals surface area contributed by atoms with Crippen LogP contribution in [0.25, 0.3) is 6.08 Å². The van der Waals surface area contributed by atoms with Gasteiger partial charge in [-0.3, -0.25) is 9.69 Å². The van der Waals surface area contributed by atoms with Crippen LogP contribution in [0.4, 0.5) is 5.69 Å². The van der Waals surface area contributed by atoms with Gasteiger partial charge in [-0.15, -0.1) is 0 Å². The van der Waals surface area contributed by atoms with Gasteiger partial charge in [-0.2, -0.15) is 0 Å². The molecule has 0 spiro atoms. The van der Waals surface area contributed by atoms with Crippen LogP contribution in [0, 0.1) is 6.92 Å². The van der Waals surface area contributed by atoms with Gasteiger partial charge in [0.15, 0.2) is 5.11 Å². The van der Waals surface area contributed by atoms with E-state index in [0.29, 0.717) is 17.4 Å². The third-order valence-electron chi connectivity index (χ3n) is 4.30. The normalized spacial score (nSPS) is 20.2. The van der Waals surface area contributed by atoms with E-state index >= 15 is 0 Å². The molecule has 1 aromatic rings. The molecule has 2 aliphatic heterocycles. The summed E-state index contributed by atoms with van der Waals surface area (Å²) in [7, 11) is 0. The highest BCUT2D eigenvalue weighted by molar-refractivity contribution is 7.80. The summed E-state index contributed by atoms with van der Waals surface area (Å²) in [5, 5.41) is 3.50. The minimum Gasteiger partial charge on any atom is -0.372 e. The van der Waals surface area contributed by atoms with Crippen molar-refractivity contribution in [2.24, 2.45) is 0 Å². The second kappa shape index (κ2) is 6.08. The molecule has 5 heteroatoms. The number of aryl methyl sites for hydroxylation is 1. The lowest BCUT2D eigenvalue weighted by Gasteiger charge is -2.18. The van der Waals surface area contributed by atoms with Gasteiger partial charge in [0.1, 0.15) is 5.70 Å². The lowest BCUT2D eigenvalue weighted by molar-refractivity contribution is -0.122. The molecule has 0 unspecified atom stereocenters. The molecule has 2 fully saturated rings. The van der Waals surface area contributed by atoms with E-state index in [4.69, 9.17) is 12.2 Å². The average molecular weight is 315 g/mol. The van der Waals surface area contributed by atoms with Crippen molar-refractivity contribution in [1.82, 2.24) is 10.2 Å². The predicted molar refractivity (Wildman–Crippen MR) is 93.7 cm³/mol. The van der Waals surface area contributed by atoms with Gasteiger partial charge in [0.05, 0.1) is 0 Å². The van der Waals surface area contributed by atoms with Gasteiger partial charge >= 0.3 is 0 Å². The van der Waals surface area contributed by atoms with Crippen LogP contribution in [0.5, 0.6) is 0 Å². The Hall–Kier alpha value is -1.88. The summed E-state index contributed by atoms with van der Waals surface area (Å²) in [6.45, 7) is 6.88. The van der Waals surface area contributed by atoms with Gasteiger partial charge in [-0.1, -0.05) is 6.07 Å². The van der Waals surface area contributed by atoms with Crippen molar-refractivity contribution in [3.63, 3.8) is 0 Å². The zero-order chi connectivity index (χ0) is 15.7. The summed E-state index contributed by atoms with van der Waals surface area (Å²) in [6, 6.07) is 6.43. The molecule has 2 saturated heterocycles. The maximum absolute atomic E-state index is 12.2. The van der Waals surface area contributed by atoms with Crippen LogP contribution in [-0.2, 0) is 4.79 Å². The fourth-order valence-electron chi connectivity index (χ4n) is 3.01. The van der Waals surface area contributed by atoms with Crippen LogP contribution in [0.3, 0.4) is 0 Å². The summed E-state index contributed by atoms with van der Waals surface area (Å²) in [6.07, 6.45) is 4.44. The van der Waals surface area contributed by atoms with E-state index in [-0.39, 0.29) is 5.91 Å². The lowest BCUT2D eigenvalue weighted by Crippen LogP contribution is -2.30. The maximum atomic E-state index is 12.2. The second-order valence-corrected chi connectivity index (χ2v) is 6.16. The molecular formula is C17H21N3OS. The molecule has 0 bridgehead atoms. The van der Waals surface area contributed by atoms with Crippen molar-refractivity contribution in [3.8, 4) is 0 Å². The molecule has 1 aromatic carbocycles. The molecule has 1 N–H and O–H groups in total. The molecular weight excluding hydrogens is 294 g/mol. The number of nitrogens with zero attached hydrogens (tertiary/aromatic N) is 2. The van der Waals surface area contributed by atoms with Crippen molar-refractivity contribution >= 4 is 35.0 Å². The topological polar surface area (TPSA) is 35.6 Å². The summed E-state index contributed by atoms with van der Waals surface area (Å²) in [5.74, 6) is -0.0458. The van der Waals surface area contributed by atoms with Crippen LogP contribution < -0.4 is 10.2 Å². The molecule has 0 aliphatic carbocycles. The predicted octanol–water partition coefficient (Wildman–Crippen LogP) is 2.67. The van der Waals surface area contributed by atoms with Gasteiger partial charge in [0.2, 0.25) is 0 Å². The summed E-state index contributed by atoms with van der Waals surface area (Å²) in [5.41, 5.74) is 4.06. The number of benzene rings is 1. The average Bonchev–Trinajstić information content (AvgIpc) is 3.11. The Bertz CT molecular complexity index is 647. The molecule has 1 amide bonds. The smallest absolute Gasteiger partial charge is 0.276 e. The van der Waals surface area contributed by atoms with Gasteiger partial charge in [-0.25, -0.2) is 0 Å². The monoisotopic (exact) mass is 315 g/mol. The molecule has 22 heavy (non-hydrogen) atoms.